The molecule has 4 heteroatoms. The first-order valence-electron chi connectivity index (χ1n) is 7.67. The lowest BCUT2D eigenvalue weighted by Crippen LogP contribution is -2.27. The van der Waals surface area contributed by atoms with Crippen LogP contribution in [0.1, 0.15) is 31.9 Å². The van der Waals surface area contributed by atoms with Crippen LogP contribution in [0, 0.1) is 11.8 Å². The van der Waals surface area contributed by atoms with E-state index in [2.05, 4.69) is 18.7 Å². The molecule has 2 unspecified atom stereocenters. The Morgan fingerprint density at radius 3 is 2.62 bits per heavy atom. The molecular formula is C17H27NO3. The zero-order valence-electron chi connectivity index (χ0n) is 13.5. The topological polar surface area (TPSA) is 41.9 Å². The summed E-state index contributed by atoms with van der Waals surface area (Å²) in [6.07, 6.45) is 0.667. The van der Waals surface area contributed by atoms with Gasteiger partial charge in [0.15, 0.2) is 0 Å². The van der Waals surface area contributed by atoms with E-state index < -0.39 is 6.10 Å². The molecule has 1 aromatic rings. The van der Waals surface area contributed by atoms with Gasteiger partial charge in [0.05, 0.1) is 20.3 Å². The maximum Gasteiger partial charge on any atom is 0.124 e. The van der Waals surface area contributed by atoms with Gasteiger partial charge in [-0.15, -0.1) is 0 Å². The Hall–Kier alpha value is -1.26. The Balaban J connectivity index is 2.04. The first kappa shape index (κ1) is 16.1. The molecule has 1 fully saturated rings. The number of benzene rings is 1. The fraction of sp³-hybridized carbons (Fsp3) is 0.647. The largest absolute Gasteiger partial charge is 0.497 e. The summed E-state index contributed by atoms with van der Waals surface area (Å²) in [5, 5.41) is 10.6. The summed E-state index contributed by atoms with van der Waals surface area (Å²) in [6, 6.07) is 5.55. The first-order valence-corrected chi connectivity index (χ1v) is 7.67. The fourth-order valence-electron chi connectivity index (χ4n) is 3.02. The number of aliphatic hydroxyl groups excluding tert-OH is 1. The maximum absolute atomic E-state index is 10.6. The lowest BCUT2D eigenvalue weighted by Gasteiger charge is -2.22. The molecule has 118 valence electrons. The van der Waals surface area contributed by atoms with Crippen LogP contribution >= 0.6 is 0 Å². The summed E-state index contributed by atoms with van der Waals surface area (Å²) in [5.41, 5.74) is 0.796. The lowest BCUT2D eigenvalue weighted by molar-refractivity contribution is 0.120. The molecule has 1 saturated heterocycles. The second-order valence-corrected chi connectivity index (χ2v) is 6.18. The third kappa shape index (κ3) is 3.89. The standard InChI is InChI=1S/C17H27NO3/c1-12(2)13-7-8-18(10-13)11-16(19)15-9-14(20-3)5-6-17(15)21-4/h5-6,9,12-13,16,19H,7-8,10-11H2,1-4H3. The van der Waals surface area contributed by atoms with Gasteiger partial charge in [0.2, 0.25) is 0 Å². The molecule has 0 amide bonds. The maximum atomic E-state index is 10.6. The molecule has 21 heavy (non-hydrogen) atoms. The molecule has 0 aromatic heterocycles. The molecule has 4 nitrogen and oxygen atoms in total. The molecule has 0 saturated carbocycles. The number of ether oxygens (including phenoxy) is 2. The third-order valence-electron chi connectivity index (χ3n) is 4.48. The predicted octanol–water partition coefficient (Wildman–Crippen LogP) is 2.72. The van der Waals surface area contributed by atoms with Gasteiger partial charge in [0, 0.05) is 18.7 Å². The molecular weight excluding hydrogens is 266 g/mol. The van der Waals surface area contributed by atoms with Gasteiger partial charge in [-0.05, 0) is 43.0 Å². The highest BCUT2D eigenvalue weighted by Crippen LogP contribution is 2.31. The quantitative estimate of drug-likeness (QED) is 0.875. The minimum atomic E-state index is -0.555. The molecule has 1 aliphatic rings. The van der Waals surface area contributed by atoms with Crippen molar-refractivity contribution in [2.45, 2.75) is 26.4 Å². The minimum absolute atomic E-state index is 0.555. The van der Waals surface area contributed by atoms with Crippen LogP contribution in [0.2, 0.25) is 0 Å². The highest BCUT2D eigenvalue weighted by molar-refractivity contribution is 5.41. The van der Waals surface area contributed by atoms with E-state index in [-0.39, 0.29) is 0 Å². The summed E-state index contributed by atoms with van der Waals surface area (Å²) in [6.45, 7) is 7.32. The van der Waals surface area contributed by atoms with Gasteiger partial charge < -0.3 is 19.5 Å². The van der Waals surface area contributed by atoms with Crippen LogP contribution in [0.3, 0.4) is 0 Å². The van der Waals surface area contributed by atoms with E-state index in [1.807, 2.05) is 18.2 Å². The van der Waals surface area contributed by atoms with Crippen LogP contribution in [0.4, 0.5) is 0 Å². The Labute approximate surface area is 127 Å². The van der Waals surface area contributed by atoms with Crippen molar-refractivity contribution in [3.63, 3.8) is 0 Å². The summed E-state index contributed by atoms with van der Waals surface area (Å²) >= 11 is 0. The van der Waals surface area contributed by atoms with Crippen LogP contribution in [0.25, 0.3) is 0 Å². The summed E-state index contributed by atoms with van der Waals surface area (Å²) in [7, 11) is 3.26. The number of hydrogen-bond donors (Lipinski definition) is 1. The van der Waals surface area contributed by atoms with Crippen LogP contribution < -0.4 is 9.47 Å². The lowest BCUT2D eigenvalue weighted by atomic mass is 9.95. The molecule has 1 N–H and O–H groups in total. The van der Waals surface area contributed by atoms with E-state index in [0.29, 0.717) is 18.2 Å². The van der Waals surface area contributed by atoms with Crippen molar-refractivity contribution in [2.75, 3.05) is 33.9 Å². The van der Waals surface area contributed by atoms with Crippen molar-refractivity contribution < 1.29 is 14.6 Å². The van der Waals surface area contributed by atoms with Crippen molar-refractivity contribution in [2.24, 2.45) is 11.8 Å². The van der Waals surface area contributed by atoms with E-state index in [1.165, 1.54) is 6.42 Å². The molecule has 0 spiro atoms. The van der Waals surface area contributed by atoms with Gasteiger partial charge in [-0.25, -0.2) is 0 Å². The Morgan fingerprint density at radius 2 is 2.05 bits per heavy atom. The Kier molecular flexibility index (Phi) is 5.48. The SMILES string of the molecule is COc1ccc(OC)c(C(O)CN2CCC(C(C)C)C2)c1. The average molecular weight is 293 g/mol. The molecule has 0 radical (unpaired) electrons. The predicted molar refractivity (Wildman–Crippen MR) is 83.9 cm³/mol. The Bertz CT molecular complexity index is 461. The van der Waals surface area contributed by atoms with Gasteiger partial charge in [0.1, 0.15) is 11.5 Å². The zero-order valence-corrected chi connectivity index (χ0v) is 13.5. The van der Waals surface area contributed by atoms with E-state index in [0.717, 1.165) is 30.3 Å². The summed E-state index contributed by atoms with van der Waals surface area (Å²) < 4.78 is 10.6. The van der Waals surface area contributed by atoms with Crippen LogP contribution in [0.15, 0.2) is 18.2 Å². The van der Waals surface area contributed by atoms with Crippen molar-refractivity contribution in [1.29, 1.82) is 0 Å². The van der Waals surface area contributed by atoms with E-state index >= 15 is 0 Å². The monoisotopic (exact) mass is 293 g/mol. The van der Waals surface area contributed by atoms with Crippen molar-refractivity contribution in [3.05, 3.63) is 23.8 Å². The minimum Gasteiger partial charge on any atom is -0.497 e. The summed E-state index contributed by atoms with van der Waals surface area (Å²) in [5.74, 6) is 2.90. The highest BCUT2D eigenvalue weighted by atomic mass is 16.5. The molecule has 2 atom stereocenters. The second-order valence-electron chi connectivity index (χ2n) is 6.18. The van der Waals surface area contributed by atoms with Crippen molar-refractivity contribution >= 4 is 0 Å². The summed E-state index contributed by atoms with van der Waals surface area (Å²) in [4.78, 5) is 2.34. The molecule has 0 aliphatic carbocycles. The molecule has 1 aliphatic heterocycles. The van der Waals surface area contributed by atoms with Crippen molar-refractivity contribution in [3.8, 4) is 11.5 Å². The molecule has 0 bridgehead atoms. The first-order chi connectivity index (χ1) is 10.0. The van der Waals surface area contributed by atoms with Crippen molar-refractivity contribution in [1.82, 2.24) is 4.90 Å². The van der Waals surface area contributed by atoms with Crippen LogP contribution in [-0.4, -0.2) is 43.9 Å². The van der Waals surface area contributed by atoms with E-state index in [1.54, 1.807) is 14.2 Å². The molecule has 2 rings (SSSR count). The number of likely N-dealkylation sites (tertiary alicyclic amines) is 1. The fourth-order valence-corrected chi connectivity index (χ4v) is 3.02. The number of methoxy groups -OCH3 is 2. The van der Waals surface area contributed by atoms with Crippen LogP contribution in [-0.2, 0) is 0 Å². The second kappa shape index (κ2) is 7.14. The number of aliphatic hydroxyl groups is 1. The van der Waals surface area contributed by atoms with Gasteiger partial charge >= 0.3 is 0 Å². The Morgan fingerprint density at radius 1 is 1.29 bits per heavy atom. The normalized spacial score (nSPS) is 20.8. The van der Waals surface area contributed by atoms with Gasteiger partial charge in [-0.2, -0.15) is 0 Å². The average Bonchev–Trinajstić information content (AvgIpc) is 2.95. The number of β-amino-alcohol motifs (C(OH)–C–C–N with tert-alkyl or cyclic N) is 1. The molecule has 1 heterocycles. The van der Waals surface area contributed by atoms with Gasteiger partial charge in [0.25, 0.3) is 0 Å². The number of nitrogens with zero attached hydrogens (tertiary/aromatic N) is 1. The number of hydrogen-bond acceptors (Lipinski definition) is 4. The van der Waals surface area contributed by atoms with E-state index in [4.69, 9.17) is 9.47 Å². The number of rotatable bonds is 6. The van der Waals surface area contributed by atoms with Gasteiger partial charge in [-0.3, -0.25) is 0 Å². The third-order valence-corrected chi connectivity index (χ3v) is 4.48. The smallest absolute Gasteiger partial charge is 0.124 e. The van der Waals surface area contributed by atoms with Crippen LogP contribution in [0.5, 0.6) is 11.5 Å². The molecule has 1 aromatic carbocycles. The zero-order chi connectivity index (χ0) is 15.4. The highest BCUT2D eigenvalue weighted by Gasteiger charge is 2.27. The van der Waals surface area contributed by atoms with E-state index in [9.17, 15) is 5.11 Å². The van der Waals surface area contributed by atoms with Gasteiger partial charge in [-0.1, -0.05) is 13.8 Å².